The van der Waals surface area contributed by atoms with Gasteiger partial charge in [0.1, 0.15) is 6.23 Å². The smallest absolute Gasteiger partial charge is 0.231 e. The quantitative estimate of drug-likeness (QED) is 0.492. The van der Waals surface area contributed by atoms with Crippen LogP contribution in [0.2, 0.25) is 0 Å². The number of fused-ring (bicyclic) bond motifs is 2. The Morgan fingerprint density at radius 1 is 1.21 bits per heavy atom. The van der Waals surface area contributed by atoms with Crippen LogP contribution in [0.1, 0.15) is 23.8 Å². The summed E-state index contributed by atoms with van der Waals surface area (Å²) in [5.74, 6) is -0.183. The first-order valence-electron chi connectivity index (χ1n) is 8.02. The van der Waals surface area contributed by atoms with Crippen LogP contribution in [0.25, 0.3) is 0 Å². The molecule has 0 saturated carbocycles. The molecule has 7 heteroatoms. The fourth-order valence-corrected chi connectivity index (χ4v) is 4.69. The van der Waals surface area contributed by atoms with Crippen molar-refractivity contribution >= 4 is 0 Å². The van der Waals surface area contributed by atoms with Crippen LogP contribution >= 0.6 is 0 Å². The Kier molecular flexibility index (Phi) is 2.75. The van der Waals surface area contributed by atoms with Gasteiger partial charge in [0.15, 0.2) is 17.3 Å². The molecule has 0 amide bonds. The molecule has 3 aliphatic heterocycles. The highest BCUT2D eigenvalue weighted by molar-refractivity contribution is 5.57. The van der Waals surface area contributed by atoms with Crippen LogP contribution in [0.4, 0.5) is 0 Å². The fraction of sp³-hybridized carbons (Fsp3) is 0.529. The molecular weight excluding hydrogens is 314 g/mol. The summed E-state index contributed by atoms with van der Waals surface area (Å²) in [6.07, 6.45) is 2.11. The molecule has 3 N–H and O–H groups in total. The van der Waals surface area contributed by atoms with Gasteiger partial charge < -0.3 is 29.5 Å². The van der Waals surface area contributed by atoms with Crippen molar-refractivity contribution in [3.05, 3.63) is 35.4 Å². The molecule has 128 valence electrons. The van der Waals surface area contributed by atoms with Crippen molar-refractivity contribution < 1.29 is 29.5 Å². The fourth-order valence-electron chi connectivity index (χ4n) is 4.69. The molecule has 5 rings (SSSR count). The topological polar surface area (TPSA) is 91.6 Å². The Balaban J connectivity index is 1.76. The third-order valence-corrected chi connectivity index (χ3v) is 5.95. The number of methoxy groups -OCH3 is 1. The van der Waals surface area contributed by atoms with Crippen molar-refractivity contribution in [1.29, 1.82) is 0 Å². The molecule has 7 nitrogen and oxygen atoms in total. The van der Waals surface area contributed by atoms with Gasteiger partial charge >= 0.3 is 0 Å². The minimum atomic E-state index is -1.40. The highest BCUT2D eigenvalue weighted by atomic mass is 16.7. The van der Waals surface area contributed by atoms with E-state index in [0.717, 1.165) is 5.56 Å². The van der Waals surface area contributed by atoms with Gasteiger partial charge in [0, 0.05) is 31.7 Å². The molecular formula is C17H19NO6. The van der Waals surface area contributed by atoms with Crippen LogP contribution in [0.5, 0.6) is 11.5 Å². The number of benzene rings is 1. The molecule has 24 heavy (non-hydrogen) atoms. The second kappa shape index (κ2) is 4.50. The van der Waals surface area contributed by atoms with E-state index in [9.17, 15) is 15.3 Å². The number of ether oxygens (including phenoxy) is 3. The van der Waals surface area contributed by atoms with Gasteiger partial charge in [-0.3, -0.25) is 4.90 Å². The number of hydrogen-bond donors (Lipinski definition) is 3. The van der Waals surface area contributed by atoms with Crippen molar-refractivity contribution in [2.45, 2.75) is 36.0 Å². The summed E-state index contributed by atoms with van der Waals surface area (Å²) in [5, 5.41) is 32.2. The predicted octanol–water partition coefficient (Wildman–Crippen LogP) is -0.00240. The van der Waals surface area contributed by atoms with Crippen molar-refractivity contribution in [2.24, 2.45) is 0 Å². The maximum atomic E-state index is 10.8. The van der Waals surface area contributed by atoms with Crippen LogP contribution < -0.4 is 9.47 Å². The van der Waals surface area contributed by atoms with Gasteiger partial charge in [-0.1, -0.05) is 6.08 Å². The van der Waals surface area contributed by atoms with E-state index in [-0.39, 0.29) is 19.3 Å². The molecule has 2 bridgehead atoms. The Labute approximate surface area is 138 Å². The van der Waals surface area contributed by atoms with Gasteiger partial charge in [-0.2, -0.15) is 0 Å². The average Bonchev–Trinajstić information content (AvgIpc) is 3.13. The normalized spacial score (nSPS) is 44.3. The lowest BCUT2D eigenvalue weighted by Gasteiger charge is -2.49. The Hall–Kier alpha value is -1.64. The third kappa shape index (κ3) is 1.59. The van der Waals surface area contributed by atoms with E-state index in [4.69, 9.17) is 14.2 Å². The number of aliphatic hydroxyl groups is 3. The van der Waals surface area contributed by atoms with E-state index in [1.165, 1.54) is 7.11 Å². The van der Waals surface area contributed by atoms with Crippen molar-refractivity contribution in [3.63, 3.8) is 0 Å². The van der Waals surface area contributed by atoms with Crippen molar-refractivity contribution in [1.82, 2.24) is 4.90 Å². The number of aliphatic hydroxyl groups excluding tert-OH is 2. The SMILES string of the molecule is CO[C@@]1(O)C=C[C@@]23c4cc5c(cc4[C@@H](O)N(C[C@H]2O)[C@@H]3C1)OCO5. The molecule has 3 heterocycles. The summed E-state index contributed by atoms with van der Waals surface area (Å²) in [7, 11) is 1.45. The molecule has 1 unspecified atom stereocenters. The van der Waals surface area contributed by atoms with E-state index in [1.807, 2.05) is 17.0 Å². The molecule has 1 aliphatic carbocycles. The van der Waals surface area contributed by atoms with E-state index in [2.05, 4.69) is 0 Å². The lowest BCUT2D eigenvalue weighted by molar-refractivity contribution is -0.175. The van der Waals surface area contributed by atoms with E-state index in [1.54, 1.807) is 12.1 Å². The molecule has 0 spiro atoms. The zero-order chi connectivity index (χ0) is 16.7. The molecule has 0 radical (unpaired) electrons. The van der Waals surface area contributed by atoms with E-state index >= 15 is 0 Å². The molecule has 0 aromatic heterocycles. The first-order valence-corrected chi connectivity index (χ1v) is 8.02. The monoisotopic (exact) mass is 333 g/mol. The zero-order valence-corrected chi connectivity index (χ0v) is 13.2. The summed E-state index contributed by atoms with van der Waals surface area (Å²) >= 11 is 0. The van der Waals surface area contributed by atoms with Crippen molar-refractivity contribution in [2.75, 3.05) is 20.4 Å². The summed E-state index contributed by atoms with van der Waals surface area (Å²) in [5.41, 5.74) is 0.819. The van der Waals surface area contributed by atoms with Crippen LogP contribution in [0.15, 0.2) is 24.3 Å². The minimum absolute atomic E-state index is 0.149. The highest BCUT2D eigenvalue weighted by Crippen LogP contribution is 2.57. The second-order valence-corrected chi connectivity index (χ2v) is 6.91. The Morgan fingerprint density at radius 2 is 1.96 bits per heavy atom. The van der Waals surface area contributed by atoms with E-state index in [0.29, 0.717) is 23.6 Å². The van der Waals surface area contributed by atoms with Gasteiger partial charge in [-0.15, -0.1) is 0 Å². The third-order valence-electron chi connectivity index (χ3n) is 5.95. The molecule has 1 fully saturated rings. The first-order chi connectivity index (χ1) is 11.5. The lowest BCUT2D eigenvalue weighted by Crippen LogP contribution is -2.56. The Bertz CT molecular complexity index is 751. The number of nitrogens with zero attached hydrogens (tertiary/aromatic N) is 1. The number of rotatable bonds is 1. The first kappa shape index (κ1) is 14.7. The van der Waals surface area contributed by atoms with Crippen LogP contribution in [-0.4, -0.2) is 58.6 Å². The Morgan fingerprint density at radius 3 is 2.71 bits per heavy atom. The summed E-state index contributed by atoms with van der Waals surface area (Å²) in [4.78, 5) is 1.82. The van der Waals surface area contributed by atoms with Crippen molar-refractivity contribution in [3.8, 4) is 11.5 Å². The van der Waals surface area contributed by atoms with Crippen LogP contribution in [0.3, 0.4) is 0 Å². The molecule has 6 atom stereocenters. The zero-order valence-electron chi connectivity index (χ0n) is 13.2. The highest BCUT2D eigenvalue weighted by Gasteiger charge is 2.62. The second-order valence-electron chi connectivity index (χ2n) is 6.91. The maximum absolute atomic E-state index is 10.8. The molecule has 4 aliphatic rings. The minimum Gasteiger partial charge on any atom is -0.454 e. The molecule has 1 aromatic rings. The average molecular weight is 333 g/mol. The maximum Gasteiger partial charge on any atom is 0.231 e. The summed E-state index contributed by atoms with van der Waals surface area (Å²) in [6.45, 7) is 0.466. The van der Waals surface area contributed by atoms with Gasteiger partial charge in [0.05, 0.1) is 11.5 Å². The summed E-state index contributed by atoms with van der Waals surface area (Å²) < 4.78 is 16.1. The standard InChI is InChI=1S/C17H19NO6/c1-22-16(21)2-3-17-10-5-12-11(23-8-24-12)4-9(10)15(20)18(7-14(17)19)13(17)6-16/h2-5,13-15,19-21H,6-8H2,1H3/t13-,14-,15-,16+,17+/m1/s1. The van der Waals surface area contributed by atoms with Crippen LogP contribution in [0, 0.1) is 0 Å². The number of hydrogen-bond acceptors (Lipinski definition) is 7. The van der Waals surface area contributed by atoms with Gasteiger partial charge in [0.25, 0.3) is 0 Å². The van der Waals surface area contributed by atoms with E-state index < -0.39 is 23.5 Å². The molecule has 1 aromatic carbocycles. The summed E-state index contributed by atoms with van der Waals surface area (Å²) in [6, 6.07) is 3.36. The largest absolute Gasteiger partial charge is 0.454 e. The molecule has 1 saturated heterocycles. The van der Waals surface area contributed by atoms with Gasteiger partial charge in [-0.05, 0) is 23.8 Å². The van der Waals surface area contributed by atoms with Crippen LogP contribution in [-0.2, 0) is 10.2 Å². The van der Waals surface area contributed by atoms with Gasteiger partial charge in [0.2, 0.25) is 6.79 Å². The predicted molar refractivity (Wildman–Crippen MR) is 81.4 cm³/mol. The van der Waals surface area contributed by atoms with Gasteiger partial charge in [-0.25, -0.2) is 0 Å². The lowest BCUT2D eigenvalue weighted by atomic mass is 9.64.